The van der Waals surface area contributed by atoms with Crippen molar-refractivity contribution >= 4 is 52.4 Å². The van der Waals surface area contributed by atoms with Crippen LogP contribution in [0.25, 0.3) is 11.1 Å². The number of hydrogen-bond donors (Lipinski definition) is 4. The van der Waals surface area contributed by atoms with E-state index in [1.54, 1.807) is 30.3 Å². The van der Waals surface area contributed by atoms with Gasteiger partial charge in [0.25, 0.3) is 0 Å². The van der Waals surface area contributed by atoms with E-state index in [0.717, 1.165) is 0 Å². The van der Waals surface area contributed by atoms with Crippen LogP contribution in [0, 0.1) is 0 Å². The summed E-state index contributed by atoms with van der Waals surface area (Å²) in [5, 5.41) is 1.72. The summed E-state index contributed by atoms with van der Waals surface area (Å²) in [6.45, 7) is 0. The Morgan fingerprint density at radius 2 is 1.61 bits per heavy atom. The number of benzene rings is 2. The Morgan fingerprint density at radius 1 is 0.957 bits per heavy atom. The van der Waals surface area contributed by atoms with E-state index in [1.807, 2.05) is 0 Å². The number of guanidine groups is 1. The van der Waals surface area contributed by atoms with Crippen molar-refractivity contribution in [2.45, 2.75) is 5.79 Å². The van der Waals surface area contributed by atoms with Crippen LogP contribution < -0.4 is 22.3 Å². The third-order valence-electron chi connectivity index (χ3n) is 3.36. The van der Waals surface area contributed by atoms with Crippen LogP contribution in [0.15, 0.2) is 35.3 Å². The number of nitrogens with one attached hydrogen (secondary N) is 2. The van der Waals surface area contributed by atoms with Gasteiger partial charge in [-0.2, -0.15) is 5.43 Å². The Kier molecular flexibility index (Phi) is 4.35. The first-order valence-electron chi connectivity index (χ1n) is 6.42. The first kappa shape index (κ1) is 16.6. The summed E-state index contributed by atoms with van der Waals surface area (Å²) in [5.74, 6) is -1.08. The van der Waals surface area contributed by atoms with Crippen LogP contribution in [-0.2, 0) is 5.79 Å². The Hall–Kier alpha value is -1.21. The molecule has 1 unspecified atom stereocenters. The van der Waals surface area contributed by atoms with Gasteiger partial charge in [0, 0.05) is 26.7 Å². The van der Waals surface area contributed by atoms with Crippen molar-refractivity contribution in [2.75, 3.05) is 0 Å². The number of hydrazine groups is 1. The van der Waals surface area contributed by atoms with Crippen molar-refractivity contribution in [2.24, 2.45) is 16.5 Å². The lowest BCUT2D eigenvalue weighted by Crippen LogP contribution is -2.50. The topological polar surface area (TPSA) is 88.5 Å². The Bertz CT molecular complexity index is 800. The fourth-order valence-electron chi connectivity index (χ4n) is 2.28. The molecule has 5 nitrogen and oxygen atoms in total. The normalized spacial score (nSPS) is 20.3. The summed E-state index contributed by atoms with van der Waals surface area (Å²) in [7, 11) is 0. The fraction of sp³-hybridized carbons (Fsp3) is 0.0714. The quantitative estimate of drug-likeness (QED) is 0.632. The van der Waals surface area contributed by atoms with Gasteiger partial charge in [0.1, 0.15) is 0 Å². The molecule has 1 aliphatic heterocycles. The highest BCUT2D eigenvalue weighted by atomic mass is 35.5. The molecule has 0 aliphatic carbocycles. The molecule has 0 saturated carbocycles. The van der Waals surface area contributed by atoms with E-state index in [0.29, 0.717) is 36.8 Å². The summed E-state index contributed by atoms with van der Waals surface area (Å²) in [6, 6.07) is 8.40. The molecule has 9 heteroatoms. The van der Waals surface area contributed by atoms with Gasteiger partial charge in [-0.15, -0.1) is 0 Å². The average Bonchev–Trinajstić information content (AvgIpc) is 2.81. The van der Waals surface area contributed by atoms with Gasteiger partial charge in [-0.3, -0.25) is 11.2 Å². The summed E-state index contributed by atoms with van der Waals surface area (Å²) in [5.41, 5.74) is 18.9. The first-order chi connectivity index (χ1) is 10.8. The Balaban J connectivity index is 2.12. The van der Waals surface area contributed by atoms with Crippen molar-refractivity contribution in [3.8, 4) is 11.1 Å². The molecule has 1 heterocycles. The third-order valence-corrected chi connectivity index (χ3v) is 4.50. The molecule has 0 radical (unpaired) electrons. The van der Waals surface area contributed by atoms with E-state index >= 15 is 0 Å². The summed E-state index contributed by atoms with van der Waals surface area (Å²) in [6.07, 6.45) is 0. The van der Waals surface area contributed by atoms with Crippen molar-refractivity contribution in [1.29, 1.82) is 0 Å². The van der Waals surface area contributed by atoms with Crippen LogP contribution in [0.2, 0.25) is 20.1 Å². The molecular weight excluding hydrogens is 380 g/mol. The number of halogens is 4. The zero-order chi connectivity index (χ0) is 16.8. The molecule has 2 aromatic rings. The van der Waals surface area contributed by atoms with E-state index in [4.69, 9.17) is 57.9 Å². The van der Waals surface area contributed by atoms with Gasteiger partial charge in [0.05, 0.1) is 10.0 Å². The van der Waals surface area contributed by atoms with Crippen LogP contribution in [0.5, 0.6) is 0 Å². The molecule has 2 aromatic carbocycles. The van der Waals surface area contributed by atoms with Crippen molar-refractivity contribution < 1.29 is 0 Å². The van der Waals surface area contributed by atoms with Crippen LogP contribution in [0.1, 0.15) is 5.56 Å². The molecule has 0 amide bonds. The van der Waals surface area contributed by atoms with Crippen LogP contribution >= 0.6 is 46.4 Å². The monoisotopic (exact) mass is 389 g/mol. The van der Waals surface area contributed by atoms with E-state index < -0.39 is 5.79 Å². The summed E-state index contributed by atoms with van der Waals surface area (Å²) in [4.78, 5) is 4.09. The molecule has 1 aliphatic rings. The molecule has 0 aromatic heterocycles. The SMILES string of the molecule is NC1=NC(N)(c2cc(Cl)c(-c3ccc(Cl)cc3Cl)c(Cl)c2)NN1. The molecule has 0 bridgehead atoms. The molecular formula is C14H11Cl4N5. The van der Waals surface area contributed by atoms with Gasteiger partial charge in [-0.1, -0.05) is 52.5 Å². The zero-order valence-corrected chi connectivity index (χ0v) is 14.5. The van der Waals surface area contributed by atoms with Gasteiger partial charge in [-0.25, -0.2) is 4.99 Å². The maximum absolute atomic E-state index is 6.40. The van der Waals surface area contributed by atoms with E-state index in [1.165, 1.54) is 0 Å². The van der Waals surface area contributed by atoms with Crippen molar-refractivity contribution in [3.63, 3.8) is 0 Å². The van der Waals surface area contributed by atoms with Gasteiger partial charge < -0.3 is 5.73 Å². The van der Waals surface area contributed by atoms with Crippen molar-refractivity contribution in [3.05, 3.63) is 56.0 Å². The minimum absolute atomic E-state index is 0.171. The van der Waals surface area contributed by atoms with E-state index in [-0.39, 0.29) is 5.96 Å². The number of nitrogens with two attached hydrogens (primary N) is 2. The lowest BCUT2D eigenvalue weighted by atomic mass is 10.0. The smallest absolute Gasteiger partial charge is 0.209 e. The van der Waals surface area contributed by atoms with Crippen molar-refractivity contribution in [1.82, 2.24) is 10.9 Å². The van der Waals surface area contributed by atoms with Gasteiger partial charge in [-0.05, 0) is 24.3 Å². The predicted molar refractivity (Wildman–Crippen MR) is 95.7 cm³/mol. The highest BCUT2D eigenvalue weighted by molar-refractivity contribution is 6.41. The first-order valence-corrected chi connectivity index (χ1v) is 7.94. The number of hydrogen-bond acceptors (Lipinski definition) is 5. The lowest BCUT2D eigenvalue weighted by molar-refractivity contribution is 0.375. The maximum Gasteiger partial charge on any atom is 0.209 e. The van der Waals surface area contributed by atoms with Crippen LogP contribution in [0.4, 0.5) is 0 Å². The average molecular weight is 391 g/mol. The van der Waals surface area contributed by atoms with Crippen LogP contribution in [-0.4, -0.2) is 5.96 Å². The maximum atomic E-state index is 6.40. The Labute approximate surface area is 152 Å². The molecule has 0 fully saturated rings. The zero-order valence-electron chi connectivity index (χ0n) is 11.5. The predicted octanol–water partition coefficient (Wildman–Crippen LogP) is 3.46. The van der Waals surface area contributed by atoms with Gasteiger partial charge >= 0.3 is 0 Å². The highest BCUT2D eigenvalue weighted by Gasteiger charge is 2.32. The van der Waals surface area contributed by atoms with Gasteiger partial charge in [0.2, 0.25) is 11.7 Å². The van der Waals surface area contributed by atoms with E-state index in [9.17, 15) is 0 Å². The molecule has 120 valence electrons. The highest BCUT2D eigenvalue weighted by Crippen LogP contribution is 2.41. The molecule has 0 spiro atoms. The number of nitrogens with zero attached hydrogens (tertiary/aromatic N) is 1. The number of aliphatic imine (C=N–C) groups is 1. The van der Waals surface area contributed by atoms with Gasteiger partial charge in [0.15, 0.2) is 0 Å². The molecule has 0 saturated heterocycles. The summed E-state index contributed by atoms with van der Waals surface area (Å²) < 4.78 is 0. The minimum atomic E-state index is -1.25. The second-order valence-corrected chi connectivity index (χ2v) is 6.61. The lowest BCUT2D eigenvalue weighted by Gasteiger charge is -2.22. The fourth-order valence-corrected chi connectivity index (χ4v) is 3.48. The molecule has 3 rings (SSSR count). The number of rotatable bonds is 2. The third kappa shape index (κ3) is 3.08. The van der Waals surface area contributed by atoms with E-state index in [2.05, 4.69) is 15.8 Å². The summed E-state index contributed by atoms with van der Waals surface area (Å²) >= 11 is 24.9. The Morgan fingerprint density at radius 3 is 2.13 bits per heavy atom. The van der Waals surface area contributed by atoms with Crippen LogP contribution in [0.3, 0.4) is 0 Å². The second-order valence-electron chi connectivity index (χ2n) is 4.95. The molecule has 23 heavy (non-hydrogen) atoms. The molecule has 6 N–H and O–H groups in total. The second kappa shape index (κ2) is 6.02. The minimum Gasteiger partial charge on any atom is -0.369 e. The molecule has 1 atom stereocenters. The largest absolute Gasteiger partial charge is 0.369 e. The standard InChI is InChI=1S/C14H11Cl4N5/c15-7-1-2-8(9(16)5-7)12-10(17)3-6(4-11(12)18)14(20)21-13(19)22-23-14/h1-5,23H,20H2,(H3,19,21,22).